The molecule has 1 atom stereocenters. The maximum atomic E-state index is 9.90. The first-order valence-corrected chi connectivity index (χ1v) is 6.73. The van der Waals surface area contributed by atoms with Gasteiger partial charge in [-0.3, -0.25) is 4.90 Å². The molecule has 0 radical (unpaired) electrons. The molecule has 0 saturated heterocycles. The van der Waals surface area contributed by atoms with Crippen molar-refractivity contribution in [3.63, 3.8) is 0 Å². The molecular formula is C15H26N2O. The van der Waals surface area contributed by atoms with Gasteiger partial charge in [-0.1, -0.05) is 25.1 Å². The van der Waals surface area contributed by atoms with E-state index in [0.29, 0.717) is 5.75 Å². The summed E-state index contributed by atoms with van der Waals surface area (Å²) in [6.07, 6.45) is 1.15. The third-order valence-electron chi connectivity index (χ3n) is 3.39. The third kappa shape index (κ3) is 4.31. The molecule has 1 N–H and O–H groups in total. The lowest BCUT2D eigenvalue weighted by atomic mass is 10.1. The van der Waals surface area contributed by atoms with E-state index in [1.54, 1.807) is 6.07 Å². The lowest BCUT2D eigenvalue weighted by molar-refractivity contribution is 0.207. The maximum Gasteiger partial charge on any atom is 0.120 e. The highest BCUT2D eigenvalue weighted by atomic mass is 16.3. The van der Waals surface area contributed by atoms with Crippen molar-refractivity contribution in [3.8, 4) is 5.75 Å². The molecule has 0 bridgehead atoms. The second-order valence-corrected chi connectivity index (χ2v) is 5.02. The summed E-state index contributed by atoms with van der Waals surface area (Å²) in [4.78, 5) is 4.61. The number of benzene rings is 1. The van der Waals surface area contributed by atoms with Gasteiger partial charge in [0.25, 0.3) is 0 Å². The fraction of sp³-hybridized carbons (Fsp3) is 0.600. The molecule has 1 aromatic rings. The van der Waals surface area contributed by atoms with E-state index in [1.165, 1.54) is 0 Å². The van der Waals surface area contributed by atoms with E-state index in [9.17, 15) is 5.11 Å². The van der Waals surface area contributed by atoms with Gasteiger partial charge in [0.1, 0.15) is 5.75 Å². The Bertz CT molecular complexity index is 352. The van der Waals surface area contributed by atoms with E-state index >= 15 is 0 Å². The summed E-state index contributed by atoms with van der Waals surface area (Å²) in [5.41, 5.74) is 1.02. The van der Waals surface area contributed by atoms with Crippen LogP contribution in [-0.2, 0) is 0 Å². The normalized spacial score (nSPS) is 13.2. The van der Waals surface area contributed by atoms with Crippen LogP contribution in [0.3, 0.4) is 0 Å². The quantitative estimate of drug-likeness (QED) is 0.806. The fourth-order valence-electron chi connectivity index (χ4n) is 2.25. The summed E-state index contributed by atoms with van der Waals surface area (Å²) >= 11 is 0. The second-order valence-electron chi connectivity index (χ2n) is 5.02. The molecular weight excluding hydrogens is 224 g/mol. The van der Waals surface area contributed by atoms with Gasteiger partial charge in [-0.15, -0.1) is 0 Å². The van der Waals surface area contributed by atoms with Gasteiger partial charge in [-0.05, 0) is 53.1 Å². The van der Waals surface area contributed by atoms with Crippen LogP contribution in [0.1, 0.15) is 31.9 Å². The largest absolute Gasteiger partial charge is 0.508 e. The molecule has 18 heavy (non-hydrogen) atoms. The summed E-state index contributed by atoms with van der Waals surface area (Å²) < 4.78 is 0. The Morgan fingerprint density at radius 2 is 1.83 bits per heavy atom. The number of aromatic hydroxyl groups is 1. The smallest absolute Gasteiger partial charge is 0.120 e. The van der Waals surface area contributed by atoms with E-state index < -0.39 is 0 Å². The van der Waals surface area contributed by atoms with Gasteiger partial charge in [0.15, 0.2) is 0 Å². The first-order chi connectivity index (χ1) is 8.56. The van der Waals surface area contributed by atoms with Crippen LogP contribution in [0.15, 0.2) is 24.3 Å². The topological polar surface area (TPSA) is 26.7 Å². The first kappa shape index (κ1) is 15.0. The number of hydrogen-bond donors (Lipinski definition) is 1. The highest BCUT2D eigenvalue weighted by molar-refractivity contribution is 5.34. The molecule has 3 heteroatoms. The zero-order valence-corrected chi connectivity index (χ0v) is 12.1. The monoisotopic (exact) mass is 250 g/mol. The highest BCUT2D eigenvalue weighted by Gasteiger charge is 2.16. The Kier molecular flexibility index (Phi) is 6.16. The Hall–Kier alpha value is -1.06. The van der Waals surface area contributed by atoms with Crippen LogP contribution in [0.4, 0.5) is 0 Å². The standard InChI is InChI=1S/C15H26N2O/c1-5-17(12-8-11-16(3)4)13(2)14-9-6-7-10-15(14)18/h6-7,9-10,13,18H,5,8,11-12H2,1-4H3. The van der Waals surface area contributed by atoms with Gasteiger partial charge in [-0.2, -0.15) is 0 Å². The van der Waals surface area contributed by atoms with Crippen molar-refractivity contribution in [2.45, 2.75) is 26.3 Å². The SMILES string of the molecule is CCN(CCCN(C)C)C(C)c1ccccc1O. The number of rotatable bonds is 7. The second kappa shape index (κ2) is 7.39. The molecule has 0 saturated carbocycles. The average Bonchev–Trinajstić information content (AvgIpc) is 2.34. The summed E-state index contributed by atoms with van der Waals surface area (Å²) in [5.74, 6) is 0.399. The lowest BCUT2D eigenvalue weighted by Gasteiger charge is -2.29. The van der Waals surface area contributed by atoms with Crippen LogP contribution in [0.25, 0.3) is 0 Å². The Morgan fingerprint density at radius 1 is 1.17 bits per heavy atom. The zero-order valence-electron chi connectivity index (χ0n) is 12.1. The molecule has 0 spiro atoms. The van der Waals surface area contributed by atoms with E-state index in [0.717, 1.165) is 31.6 Å². The van der Waals surface area contributed by atoms with E-state index in [1.807, 2.05) is 18.2 Å². The van der Waals surface area contributed by atoms with Crippen LogP contribution in [0, 0.1) is 0 Å². The molecule has 0 aliphatic carbocycles. The van der Waals surface area contributed by atoms with Crippen molar-refractivity contribution in [1.82, 2.24) is 9.80 Å². The van der Waals surface area contributed by atoms with E-state index in [2.05, 4.69) is 37.7 Å². The number of nitrogens with zero attached hydrogens (tertiary/aromatic N) is 2. The minimum atomic E-state index is 0.262. The summed E-state index contributed by atoms with van der Waals surface area (Å²) in [6, 6.07) is 7.89. The summed E-state index contributed by atoms with van der Waals surface area (Å²) in [6.45, 7) is 7.50. The Morgan fingerprint density at radius 3 is 2.39 bits per heavy atom. The summed E-state index contributed by atoms with van der Waals surface area (Å²) in [5, 5.41) is 9.90. The number of phenols is 1. The minimum Gasteiger partial charge on any atom is -0.508 e. The van der Waals surface area contributed by atoms with Crippen LogP contribution in [-0.4, -0.2) is 48.6 Å². The average molecular weight is 250 g/mol. The van der Waals surface area contributed by atoms with Gasteiger partial charge < -0.3 is 10.0 Å². The Balaban J connectivity index is 2.62. The molecule has 1 unspecified atom stereocenters. The molecule has 0 heterocycles. The molecule has 0 fully saturated rings. The van der Waals surface area contributed by atoms with Crippen LogP contribution in [0.2, 0.25) is 0 Å². The first-order valence-electron chi connectivity index (χ1n) is 6.73. The lowest BCUT2D eigenvalue weighted by Crippen LogP contribution is -2.30. The van der Waals surface area contributed by atoms with Crippen molar-refractivity contribution in [3.05, 3.63) is 29.8 Å². The minimum absolute atomic E-state index is 0.262. The maximum absolute atomic E-state index is 9.90. The van der Waals surface area contributed by atoms with Crippen LogP contribution >= 0.6 is 0 Å². The predicted molar refractivity (Wildman–Crippen MR) is 76.9 cm³/mol. The third-order valence-corrected chi connectivity index (χ3v) is 3.39. The van der Waals surface area contributed by atoms with Crippen LogP contribution < -0.4 is 0 Å². The number of phenolic OH excluding ortho intramolecular Hbond substituents is 1. The number of para-hydroxylation sites is 1. The molecule has 0 aliphatic rings. The van der Waals surface area contributed by atoms with Gasteiger partial charge in [0.05, 0.1) is 0 Å². The van der Waals surface area contributed by atoms with Gasteiger partial charge in [0, 0.05) is 11.6 Å². The molecule has 1 aromatic carbocycles. The van der Waals surface area contributed by atoms with E-state index in [-0.39, 0.29) is 6.04 Å². The molecule has 102 valence electrons. The van der Waals surface area contributed by atoms with Crippen molar-refractivity contribution < 1.29 is 5.11 Å². The molecule has 1 rings (SSSR count). The van der Waals surface area contributed by atoms with E-state index in [4.69, 9.17) is 0 Å². The van der Waals surface area contributed by atoms with Gasteiger partial charge in [0.2, 0.25) is 0 Å². The molecule has 3 nitrogen and oxygen atoms in total. The molecule has 0 aromatic heterocycles. The van der Waals surface area contributed by atoms with Crippen molar-refractivity contribution in [2.24, 2.45) is 0 Å². The number of hydrogen-bond acceptors (Lipinski definition) is 3. The fourth-order valence-corrected chi connectivity index (χ4v) is 2.25. The highest BCUT2D eigenvalue weighted by Crippen LogP contribution is 2.27. The van der Waals surface area contributed by atoms with Crippen molar-refractivity contribution in [2.75, 3.05) is 33.7 Å². The molecule has 0 amide bonds. The van der Waals surface area contributed by atoms with Crippen LogP contribution in [0.5, 0.6) is 5.75 Å². The van der Waals surface area contributed by atoms with Gasteiger partial charge in [-0.25, -0.2) is 0 Å². The summed E-state index contributed by atoms with van der Waals surface area (Å²) in [7, 11) is 4.20. The van der Waals surface area contributed by atoms with Gasteiger partial charge >= 0.3 is 0 Å². The van der Waals surface area contributed by atoms with Crippen molar-refractivity contribution in [1.29, 1.82) is 0 Å². The predicted octanol–water partition coefficient (Wildman–Crippen LogP) is 2.73. The zero-order chi connectivity index (χ0) is 13.5. The molecule has 0 aliphatic heterocycles. The van der Waals surface area contributed by atoms with Crippen molar-refractivity contribution >= 4 is 0 Å². The Labute approximate surface area is 111 Å².